The molecule has 1 amide bonds. The van der Waals surface area contributed by atoms with Crippen LogP contribution in [0.15, 0.2) is 34.5 Å². The van der Waals surface area contributed by atoms with Gasteiger partial charge in [-0.15, -0.1) is 11.3 Å². The number of amides is 1. The molecule has 1 aromatic heterocycles. The zero-order chi connectivity index (χ0) is 18.9. The van der Waals surface area contributed by atoms with Gasteiger partial charge in [0.15, 0.2) is 0 Å². The van der Waals surface area contributed by atoms with Crippen molar-refractivity contribution in [1.29, 1.82) is 0 Å². The summed E-state index contributed by atoms with van der Waals surface area (Å²) in [5, 5.41) is 3.61. The molecule has 9 heteroatoms. The van der Waals surface area contributed by atoms with Crippen molar-refractivity contribution in [2.75, 3.05) is 18.4 Å². The molecule has 26 heavy (non-hydrogen) atoms. The molecule has 0 saturated carbocycles. The van der Waals surface area contributed by atoms with Gasteiger partial charge >= 0.3 is 0 Å². The highest BCUT2D eigenvalue weighted by atomic mass is 35.5. The van der Waals surface area contributed by atoms with E-state index in [-0.39, 0.29) is 12.5 Å². The maximum absolute atomic E-state index is 12.8. The highest BCUT2D eigenvalue weighted by Gasteiger charge is 2.34. The minimum atomic E-state index is -3.57. The van der Waals surface area contributed by atoms with Gasteiger partial charge in [-0.3, -0.25) is 4.79 Å². The first kappa shape index (κ1) is 19.6. The van der Waals surface area contributed by atoms with Gasteiger partial charge in [-0.2, -0.15) is 4.31 Å². The van der Waals surface area contributed by atoms with Crippen LogP contribution in [0, 0.1) is 12.8 Å². The van der Waals surface area contributed by atoms with Crippen LogP contribution in [-0.2, 0) is 14.8 Å². The molecule has 0 bridgehead atoms. The fraction of sp³-hybridized carbons (Fsp3) is 0.353. The van der Waals surface area contributed by atoms with Crippen LogP contribution >= 0.6 is 34.5 Å². The number of thiophene rings is 1. The van der Waals surface area contributed by atoms with E-state index in [2.05, 4.69) is 5.32 Å². The van der Waals surface area contributed by atoms with Gasteiger partial charge in [0.25, 0.3) is 10.0 Å². The monoisotopic (exact) mass is 432 g/mol. The molecule has 2 aromatic rings. The zero-order valence-electron chi connectivity index (χ0n) is 14.0. The summed E-state index contributed by atoms with van der Waals surface area (Å²) in [7, 11) is -3.57. The van der Waals surface area contributed by atoms with Crippen molar-refractivity contribution in [2.45, 2.75) is 24.0 Å². The van der Waals surface area contributed by atoms with Gasteiger partial charge in [0.2, 0.25) is 5.91 Å². The fourth-order valence-electron chi connectivity index (χ4n) is 2.88. The van der Waals surface area contributed by atoms with Crippen LogP contribution in [0.2, 0.25) is 10.0 Å². The molecule has 3 rings (SSSR count). The molecule has 0 spiro atoms. The van der Waals surface area contributed by atoms with Crippen LogP contribution in [0.5, 0.6) is 0 Å². The van der Waals surface area contributed by atoms with Crippen LogP contribution in [0.25, 0.3) is 0 Å². The van der Waals surface area contributed by atoms with E-state index in [1.807, 2.05) is 6.92 Å². The summed E-state index contributed by atoms with van der Waals surface area (Å²) < 4.78 is 27.3. The number of hydrogen-bond acceptors (Lipinski definition) is 4. The summed E-state index contributed by atoms with van der Waals surface area (Å²) in [6, 6.07) is 8.22. The molecule has 1 saturated heterocycles. The van der Waals surface area contributed by atoms with E-state index in [1.165, 1.54) is 15.6 Å². The summed E-state index contributed by atoms with van der Waals surface area (Å²) in [4.78, 5) is 13.5. The first-order valence-electron chi connectivity index (χ1n) is 8.10. The Labute approximate surface area is 167 Å². The van der Waals surface area contributed by atoms with E-state index in [0.29, 0.717) is 39.3 Å². The lowest BCUT2D eigenvalue weighted by atomic mass is 9.99. The largest absolute Gasteiger partial charge is 0.324 e. The normalized spacial score (nSPS) is 18.7. The number of rotatable bonds is 4. The van der Waals surface area contributed by atoms with Crippen LogP contribution in [-0.4, -0.2) is 31.7 Å². The third-order valence-corrected chi connectivity index (χ3v) is 8.15. The molecule has 1 aliphatic heterocycles. The number of carbonyl (C=O) groups is 1. The Hall–Kier alpha value is -1.12. The number of sulfonamides is 1. The standard InChI is InChI=1S/C17H18Cl2N2O3S2/c1-11-4-7-16(25-11)26(23,24)21-8-2-3-12(10-21)17(22)20-15-9-13(18)5-6-14(15)19/h4-7,9,12H,2-3,8,10H2,1H3,(H,20,22)/t12-/m0/s1. The van der Waals surface area contributed by atoms with Gasteiger partial charge in [0.05, 0.1) is 16.6 Å². The molecule has 1 atom stereocenters. The minimum absolute atomic E-state index is 0.156. The molecule has 1 aromatic carbocycles. The fourth-order valence-corrected chi connectivity index (χ4v) is 6.18. The van der Waals surface area contributed by atoms with Gasteiger partial charge in [0.1, 0.15) is 4.21 Å². The summed E-state index contributed by atoms with van der Waals surface area (Å²) >= 11 is 13.3. The third kappa shape index (κ3) is 4.23. The predicted molar refractivity (Wildman–Crippen MR) is 106 cm³/mol. The summed E-state index contributed by atoms with van der Waals surface area (Å²) in [6.45, 7) is 2.44. The van der Waals surface area contributed by atoms with Crippen molar-refractivity contribution in [1.82, 2.24) is 4.31 Å². The van der Waals surface area contributed by atoms with Crippen LogP contribution in [0.4, 0.5) is 5.69 Å². The van der Waals surface area contributed by atoms with Crippen molar-refractivity contribution >= 4 is 56.2 Å². The molecule has 5 nitrogen and oxygen atoms in total. The van der Waals surface area contributed by atoms with Crippen LogP contribution in [0.3, 0.4) is 0 Å². The lowest BCUT2D eigenvalue weighted by Gasteiger charge is -2.30. The van der Waals surface area contributed by atoms with E-state index in [9.17, 15) is 13.2 Å². The quantitative estimate of drug-likeness (QED) is 0.777. The molecule has 1 aliphatic rings. The minimum Gasteiger partial charge on any atom is -0.324 e. The Morgan fingerprint density at radius 2 is 2.04 bits per heavy atom. The average molecular weight is 433 g/mol. The number of piperidine rings is 1. The van der Waals surface area contributed by atoms with E-state index in [4.69, 9.17) is 23.2 Å². The second kappa shape index (κ2) is 7.86. The number of anilines is 1. The number of nitrogens with one attached hydrogen (secondary N) is 1. The number of nitrogens with zero attached hydrogens (tertiary/aromatic N) is 1. The van der Waals surface area contributed by atoms with Crippen molar-refractivity contribution < 1.29 is 13.2 Å². The molecular weight excluding hydrogens is 415 g/mol. The Morgan fingerprint density at radius 1 is 1.27 bits per heavy atom. The van der Waals surface area contributed by atoms with E-state index in [1.54, 1.807) is 30.3 Å². The van der Waals surface area contributed by atoms with Crippen molar-refractivity contribution in [3.63, 3.8) is 0 Å². The van der Waals surface area contributed by atoms with E-state index < -0.39 is 15.9 Å². The van der Waals surface area contributed by atoms with Crippen molar-refractivity contribution in [3.05, 3.63) is 45.3 Å². The van der Waals surface area contributed by atoms with Gasteiger partial charge in [-0.25, -0.2) is 8.42 Å². The summed E-state index contributed by atoms with van der Waals surface area (Å²) in [5.41, 5.74) is 0.429. The van der Waals surface area contributed by atoms with Gasteiger partial charge in [-0.05, 0) is 50.1 Å². The van der Waals surface area contributed by atoms with Gasteiger partial charge in [-0.1, -0.05) is 23.2 Å². The molecule has 0 unspecified atom stereocenters. The van der Waals surface area contributed by atoms with Crippen molar-refractivity contribution in [2.24, 2.45) is 5.92 Å². The highest BCUT2D eigenvalue weighted by Crippen LogP contribution is 2.30. The molecule has 0 aliphatic carbocycles. The number of hydrogen-bond donors (Lipinski definition) is 1. The predicted octanol–water partition coefficient (Wildman–Crippen LogP) is 4.40. The number of halogens is 2. The lowest BCUT2D eigenvalue weighted by molar-refractivity contribution is -0.120. The Kier molecular flexibility index (Phi) is 5.94. The number of aryl methyl sites for hydroxylation is 1. The molecule has 0 radical (unpaired) electrons. The van der Waals surface area contributed by atoms with Crippen molar-refractivity contribution in [3.8, 4) is 0 Å². The number of carbonyl (C=O) groups excluding carboxylic acids is 1. The summed E-state index contributed by atoms with van der Waals surface area (Å²) in [5.74, 6) is -0.689. The number of benzene rings is 1. The Balaban J connectivity index is 1.74. The smallest absolute Gasteiger partial charge is 0.252 e. The topological polar surface area (TPSA) is 66.5 Å². The summed E-state index contributed by atoms with van der Waals surface area (Å²) in [6.07, 6.45) is 1.25. The van der Waals surface area contributed by atoms with E-state index >= 15 is 0 Å². The highest BCUT2D eigenvalue weighted by molar-refractivity contribution is 7.91. The maximum atomic E-state index is 12.8. The first-order valence-corrected chi connectivity index (χ1v) is 11.1. The third-order valence-electron chi connectivity index (χ3n) is 4.25. The van der Waals surface area contributed by atoms with Crippen LogP contribution in [0.1, 0.15) is 17.7 Å². The second-order valence-corrected chi connectivity index (χ2v) is 10.5. The second-order valence-electron chi connectivity index (χ2n) is 6.18. The maximum Gasteiger partial charge on any atom is 0.252 e. The molecule has 1 N–H and O–H groups in total. The Morgan fingerprint density at radius 3 is 2.73 bits per heavy atom. The first-order chi connectivity index (χ1) is 12.3. The molecule has 140 valence electrons. The molecular formula is C17H18Cl2N2O3S2. The Bertz CT molecular complexity index is 928. The van der Waals surface area contributed by atoms with Gasteiger partial charge in [0, 0.05) is 23.0 Å². The van der Waals surface area contributed by atoms with Crippen LogP contribution < -0.4 is 5.32 Å². The molecule has 2 heterocycles. The average Bonchev–Trinajstić information content (AvgIpc) is 3.05. The molecule has 1 fully saturated rings. The van der Waals surface area contributed by atoms with E-state index in [0.717, 1.165) is 4.88 Å². The SMILES string of the molecule is Cc1ccc(S(=O)(=O)N2CCC[C@H](C(=O)Nc3cc(Cl)ccc3Cl)C2)s1. The zero-order valence-corrected chi connectivity index (χ0v) is 17.2. The van der Waals surface area contributed by atoms with Gasteiger partial charge < -0.3 is 5.32 Å². The lowest BCUT2D eigenvalue weighted by Crippen LogP contribution is -2.43.